The van der Waals surface area contributed by atoms with Gasteiger partial charge in [0.2, 0.25) is 0 Å². The Bertz CT molecular complexity index is 229. The summed E-state index contributed by atoms with van der Waals surface area (Å²) in [6.45, 7) is -0.332. The van der Waals surface area contributed by atoms with Gasteiger partial charge in [0.1, 0.15) is 6.61 Å². The van der Waals surface area contributed by atoms with Crippen LogP contribution in [0.5, 0.6) is 0 Å². The molecule has 0 saturated heterocycles. The standard InChI is InChI=1S/C8H10O5/c9-5-1-4-8(12)13-6-2-3-7(10)11/h1-4,9H,5-6H2,(H,10,11)/b3-2+,4-1+. The van der Waals surface area contributed by atoms with E-state index in [0.29, 0.717) is 0 Å². The van der Waals surface area contributed by atoms with Gasteiger partial charge in [-0.25, -0.2) is 9.59 Å². The molecule has 0 heterocycles. The monoisotopic (exact) mass is 186 g/mol. The van der Waals surface area contributed by atoms with Crippen molar-refractivity contribution < 1.29 is 24.5 Å². The average Bonchev–Trinajstić information content (AvgIpc) is 2.08. The summed E-state index contributed by atoms with van der Waals surface area (Å²) in [7, 11) is 0. The molecular formula is C8H10O5. The second kappa shape index (κ2) is 7.05. The summed E-state index contributed by atoms with van der Waals surface area (Å²) in [4.78, 5) is 20.6. The van der Waals surface area contributed by atoms with Crippen molar-refractivity contribution >= 4 is 11.9 Å². The van der Waals surface area contributed by atoms with E-state index >= 15 is 0 Å². The summed E-state index contributed by atoms with van der Waals surface area (Å²) in [6, 6.07) is 0. The maximum Gasteiger partial charge on any atom is 0.330 e. The summed E-state index contributed by atoms with van der Waals surface area (Å²) in [6.07, 6.45) is 4.37. The Balaban J connectivity index is 3.59. The first-order valence-corrected chi connectivity index (χ1v) is 3.50. The Kier molecular flexibility index (Phi) is 6.17. The molecule has 72 valence electrons. The summed E-state index contributed by atoms with van der Waals surface area (Å²) in [5.41, 5.74) is 0. The highest BCUT2D eigenvalue weighted by Crippen LogP contribution is 1.83. The molecule has 0 aliphatic heterocycles. The molecule has 5 nitrogen and oxygen atoms in total. The predicted octanol–water partition coefficient (Wildman–Crippen LogP) is -0.281. The molecule has 0 aliphatic rings. The Hall–Kier alpha value is -1.62. The molecule has 5 heteroatoms. The van der Waals surface area contributed by atoms with E-state index in [0.717, 1.165) is 12.2 Å². The van der Waals surface area contributed by atoms with Crippen molar-refractivity contribution in [2.45, 2.75) is 0 Å². The van der Waals surface area contributed by atoms with E-state index in [1.807, 2.05) is 0 Å². The van der Waals surface area contributed by atoms with Crippen molar-refractivity contribution in [2.24, 2.45) is 0 Å². The first-order valence-electron chi connectivity index (χ1n) is 3.50. The summed E-state index contributed by atoms with van der Waals surface area (Å²) in [5, 5.41) is 16.4. The number of carbonyl (C=O) groups excluding carboxylic acids is 1. The van der Waals surface area contributed by atoms with E-state index in [-0.39, 0.29) is 13.2 Å². The lowest BCUT2D eigenvalue weighted by molar-refractivity contribution is -0.137. The van der Waals surface area contributed by atoms with Crippen LogP contribution in [0.1, 0.15) is 0 Å². The highest BCUT2D eigenvalue weighted by atomic mass is 16.5. The van der Waals surface area contributed by atoms with Gasteiger partial charge in [-0.05, 0) is 6.08 Å². The number of aliphatic carboxylic acids is 1. The predicted molar refractivity (Wildman–Crippen MR) is 44.0 cm³/mol. The van der Waals surface area contributed by atoms with Gasteiger partial charge >= 0.3 is 11.9 Å². The van der Waals surface area contributed by atoms with Gasteiger partial charge in [-0.3, -0.25) is 0 Å². The normalized spacial score (nSPS) is 10.8. The SMILES string of the molecule is O=C(O)/C=C/COC(=O)/C=C/CO. The van der Waals surface area contributed by atoms with Crippen molar-refractivity contribution in [2.75, 3.05) is 13.2 Å². The number of carboxylic acid groups (broad SMARTS) is 1. The number of carboxylic acids is 1. The molecule has 0 aliphatic carbocycles. The van der Waals surface area contributed by atoms with E-state index in [4.69, 9.17) is 10.2 Å². The van der Waals surface area contributed by atoms with Crippen LogP contribution in [-0.2, 0) is 14.3 Å². The Morgan fingerprint density at radius 2 is 1.92 bits per heavy atom. The van der Waals surface area contributed by atoms with Crippen molar-refractivity contribution in [3.63, 3.8) is 0 Å². The zero-order valence-electron chi connectivity index (χ0n) is 6.84. The Morgan fingerprint density at radius 1 is 1.23 bits per heavy atom. The zero-order chi connectivity index (χ0) is 10.1. The van der Waals surface area contributed by atoms with Gasteiger partial charge in [0.05, 0.1) is 6.61 Å². The van der Waals surface area contributed by atoms with Gasteiger partial charge in [0.15, 0.2) is 0 Å². The van der Waals surface area contributed by atoms with Crippen LogP contribution in [0.4, 0.5) is 0 Å². The van der Waals surface area contributed by atoms with E-state index in [9.17, 15) is 9.59 Å². The van der Waals surface area contributed by atoms with Gasteiger partial charge in [0, 0.05) is 12.2 Å². The van der Waals surface area contributed by atoms with Crippen molar-refractivity contribution in [3.8, 4) is 0 Å². The largest absolute Gasteiger partial charge is 0.478 e. The van der Waals surface area contributed by atoms with Gasteiger partial charge in [-0.2, -0.15) is 0 Å². The minimum Gasteiger partial charge on any atom is -0.478 e. The van der Waals surface area contributed by atoms with Crippen molar-refractivity contribution in [1.82, 2.24) is 0 Å². The number of carbonyl (C=O) groups is 2. The third-order valence-electron chi connectivity index (χ3n) is 0.942. The van der Waals surface area contributed by atoms with Crippen LogP contribution in [-0.4, -0.2) is 35.4 Å². The van der Waals surface area contributed by atoms with Crippen LogP contribution in [0.15, 0.2) is 24.3 Å². The molecular weight excluding hydrogens is 176 g/mol. The molecule has 0 aromatic rings. The maximum atomic E-state index is 10.6. The van der Waals surface area contributed by atoms with Crippen LogP contribution in [0.2, 0.25) is 0 Å². The van der Waals surface area contributed by atoms with Gasteiger partial charge < -0.3 is 14.9 Å². The number of aliphatic hydroxyl groups excluding tert-OH is 1. The second-order valence-electron chi connectivity index (χ2n) is 1.96. The molecule has 0 amide bonds. The number of esters is 1. The smallest absolute Gasteiger partial charge is 0.330 e. The molecule has 0 aromatic heterocycles. The highest BCUT2D eigenvalue weighted by Gasteiger charge is 1.93. The fraction of sp³-hybridized carbons (Fsp3) is 0.250. The fourth-order valence-corrected chi connectivity index (χ4v) is 0.476. The number of rotatable bonds is 5. The molecule has 0 spiro atoms. The topological polar surface area (TPSA) is 83.8 Å². The van der Waals surface area contributed by atoms with Crippen LogP contribution in [0.25, 0.3) is 0 Å². The number of hydrogen-bond acceptors (Lipinski definition) is 4. The summed E-state index contributed by atoms with van der Waals surface area (Å²) < 4.78 is 4.51. The van der Waals surface area contributed by atoms with Crippen LogP contribution in [0, 0.1) is 0 Å². The summed E-state index contributed by atoms with van der Waals surface area (Å²) >= 11 is 0. The maximum absolute atomic E-state index is 10.6. The molecule has 0 saturated carbocycles. The zero-order valence-corrected chi connectivity index (χ0v) is 6.84. The van der Waals surface area contributed by atoms with E-state index in [2.05, 4.69) is 4.74 Å². The number of aliphatic hydroxyl groups is 1. The Morgan fingerprint density at radius 3 is 2.46 bits per heavy atom. The lowest BCUT2D eigenvalue weighted by Crippen LogP contribution is -2.01. The fourth-order valence-electron chi connectivity index (χ4n) is 0.476. The average molecular weight is 186 g/mol. The van der Waals surface area contributed by atoms with E-state index in [1.54, 1.807) is 0 Å². The first kappa shape index (κ1) is 11.4. The molecule has 0 unspecified atom stereocenters. The lowest BCUT2D eigenvalue weighted by Gasteiger charge is -1.94. The molecule has 0 rings (SSSR count). The third kappa shape index (κ3) is 8.28. The van der Waals surface area contributed by atoms with E-state index in [1.165, 1.54) is 12.2 Å². The lowest BCUT2D eigenvalue weighted by atomic mass is 10.5. The minimum atomic E-state index is -1.10. The molecule has 0 fully saturated rings. The molecule has 0 aromatic carbocycles. The number of ether oxygens (including phenoxy) is 1. The van der Waals surface area contributed by atoms with Crippen LogP contribution < -0.4 is 0 Å². The minimum absolute atomic E-state index is 0.0963. The molecule has 0 radical (unpaired) electrons. The molecule has 2 N–H and O–H groups in total. The van der Waals surface area contributed by atoms with Gasteiger partial charge in [0.25, 0.3) is 0 Å². The third-order valence-corrected chi connectivity index (χ3v) is 0.942. The molecule has 0 bridgehead atoms. The Labute approximate surface area is 74.9 Å². The van der Waals surface area contributed by atoms with Crippen molar-refractivity contribution in [1.29, 1.82) is 0 Å². The van der Waals surface area contributed by atoms with Crippen LogP contribution in [0.3, 0.4) is 0 Å². The summed E-state index contributed by atoms with van der Waals surface area (Å²) in [5.74, 6) is -1.72. The number of hydrogen-bond donors (Lipinski definition) is 2. The second-order valence-corrected chi connectivity index (χ2v) is 1.96. The molecule has 13 heavy (non-hydrogen) atoms. The molecule has 0 atom stereocenters. The first-order chi connectivity index (χ1) is 6.16. The van der Waals surface area contributed by atoms with Gasteiger partial charge in [-0.1, -0.05) is 6.08 Å². The van der Waals surface area contributed by atoms with Crippen LogP contribution >= 0.6 is 0 Å². The quantitative estimate of drug-likeness (QED) is 0.455. The highest BCUT2D eigenvalue weighted by molar-refractivity contribution is 5.82. The van der Waals surface area contributed by atoms with Gasteiger partial charge in [-0.15, -0.1) is 0 Å². The van der Waals surface area contributed by atoms with E-state index < -0.39 is 11.9 Å². The van der Waals surface area contributed by atoms with Crippen molar-refractivity contribution in [3.05, 3.63) is 24.3 Å².